The van der Waals surface area contributed by atoms with Crippen LogP contribution in [0.25, 0.3) is 11.0 Å². The molecule has 2 amide bonds. The molecule has 3 fully saturated rings. The molecule has 0 spiro atoms. The number of ketones is 1. The van der Waals surface area contributed by atoms with Crippen LogP contribution in [0.15, 0.2) is 36.5 Å². The second-order valence-electron chi connectivity index (χ2n) is 16.5. The average Bonchev–Trinajstić information content (AvgIpc) is 4.01. The van der Waals surface area contributed by atoms with Gasteiger partial charge in [0, 0.05) is 18.9 Å². The number of aromatic nitrogens is 2. The number of amides is 2. The summed E-state index contributed by atoms with van der Waals surface area (Å²) in [5.74, 6) is -2.17. The second-order valence-corrected chi connectivity index (χ2v) is 18.5. The fraction of sp³-hybridized carbons (Fsp3) is 0.641. The van der Waals surface area contributed by atoms with Crippen LogP contribution >= 0.6 is 0 Å². The fourth-order valence-corrected chi connectivity index (χ4v) is 9.09. The summed E-state index contributed by atoms with van der Waals surface area (Å²) in [6, 6.07) is 4.30. The predicted octanol–water partition coefficient (Wildman–Crippen LogP) is 4.92. The van der Waals surface area contributed by atoms with E-state index in [-0.39, 0.29) is 61.1 Å². The van der Waals surface area contributed by atoms with Crippen LogP contribution in [-0.2, 0) is 33.9 Å². The topological polar surface area (TPSA) is 171 Å². The van der Waals surface area contributed by atoms with Crippen molar-refractivity contribution in [1.29, 1.82) is 0 Å². The molecule has 288 valence electrons. The number of carbonyl (C=O) groups excluding carboxylic acids is 4. The van der Waals surface area contributed by atoms with E-state index in [1.54, 1.807) is 46.1 Å². The lowest BCUT2D eigenvalue weighted by Crippen LogP contribution is -2.47. The minimum Gasteiger partial charge on any atom is -0.497 e. The third-order valence-electron chi connectivity index (χ3n) is 11.0. The zero-order valence-electron chi connectivity index (χ0n) is 31.5. The number of carbonyl (C=O) groups is 4. The maximum absolute atomic E-state index is 14.7. The predicted molar refractivity (Wildman–Crippen MR) is 196 cm³/mol. The molecule has 7 atom stereocenters. The van der Waals surface area contributed by atoms with Gasteiger partial charge >= 0.3 is 5.97 Å². The fourth-order valence-electron chi connectivity index (χ4n) is 7.70. The Morgan fingerprint density at radius 3 is 2.51 bits per heavy atom. The van der Waals surface area contributed by atoms with E-state index in [2.05, 4.69) is 21.6 Å². The number of esters is 1. The number of nitrogens with one attached hydrogen (secondary N) is 1. The molecule has 0 radical (unpaired) electrons. The lowest BCUT2D eigenvalue weighted by atomic mass is 9.84. The molecule has 2 aromatic rings. The Kier molecular flexibility index (Phi) is 10.9. The van der Waals surface area contributed by atoms with Crippen molar-refractivity contribution in [2.24, 2.45) is 29.1 Å². The minimum absolute atomic E-state index is 0.0464. The molecule has 3 heterocycles. The summed E-state index contributed by atoms with van der Waals surface area (Å²) in [7, 11) is -2.29. The Hall–Kier alpha value is -4.07. The first kappa shape index (κ1) is 38.6. The van der Waals surface area contributed by atoms with Crippen molar-refractivity contribution >= 4 is 44.6 Å². The zero-order chi connectivity index (χ0) is 38.3. The molecule has 4 aliphatic rings. The monoisotopic (exact) mass is 752 g/mol. The third kappa shape index (κ3) is 9.01. The van der Waals surface area contributed by atoms with E-state index in [0.717, 1.165) is 12.8 Å². The van der Waals surface area contributed by atoms with E-state index in [4.69, 9.17) is 14.2 Å². The van der Waals surface area contributed by atoms with Gasteiger partial charge in [0.1, 0.15) is 17.5 Å². The van der Waals surface area contributed by atoms with E-state index in [9.17, 15) is 27.6 Å². The van der Waals surface area contributed by atoms with Crippen molar-refractivity contribution in [1.82, 2.24) is 19.6 Å². The van der Waals surface area contributed by atoms with Gasteiger partial charge in [0.2, 0.25) is 27.7 Å². The van der Waals surface area contributed by atoms with Crippen molar-refractivity contribution in [3.05, 3.63) is 36.5 Å². The molecular formula is C39H52N4O9S. The normalized spacial score (nSPS) is 30.3. The van der Waals surface area contributed by atoms with Gasteiger partial charge in [0.15, 0.2) is 5.78 Å². The van der Waals surface area contributed by atoms with Crippen molar-refractivity contribution in [3.63, 3.8) is 0 Å². The van der Waals surface area contributed by atoms with Gasteiger partial charge in [0.05, 0.1) is 59.9 Å². The number of hydrogen-bond acceptors (Lipinski definition) is 11. The molecule has 0 unspecified atom stereocenters. The van der Waals surface area contributed by atoms with Gasteiger partial charge in [-0.2, -0.15) is 0 Å². The third-order valence-corrected chi connectivity index (χ3v) is 12.8. The number of rotatable bonds is 8. The van der Waals surface area contributed by atoms with Crippen LogP contribution in [0.5, 0.6) is 11.6 Å². The van der Waals surface area contributed by atoms with Crippen molar-refractivity contribution < 1.29 is 41.8 Å². The molecule has 0 bridgehead atoms. The van der Waals surface area contributed by atoms with Gasteiger partial charge < -0.3 is 19.1 Å². The molecule has 1 aromatic carbocycles. The largest absolute Gasteiger partial charge is 0.497 e. The summed E-state index contributed by atoms with van der Waals surface area (Å²) in [5.41, 5.74) is -0.817. The first-order valence-corrected chi connectivity index (χ1v) is 20.3. The summed E-state index contributed by atoms with van der Waals surface area (Å²) in [4.78, 5) is 66.8. The van der Waals surface area contributed by atoms with Crippen LogP contribution in [0.2, 0.25) is 0 Å². The number of hydrogen-bond donors (Lipinski definition) is 1. The zero-order valence-corrected chi connectivity index (χ0v) is 32.3. The van der Waals surface area contributed by atoms with E-state index >= 15 is 0 Å². The van der Waals surface area contributed by atoms with Crippen molar-refractivity contribution in [2.45, 2.75) is 115 Å². The highest BCUT2D eigenvalue weighted by molar-refractivity contribution is 7.90. The molecule has 14 heteroatoms. The molecule has 2 aliphatic heterocycles. The van der Waals surface area contributed by atoms with Crippen LogP contribution in [0.1, 0.15) is 92.4 Å². The lowest BCUT2D eigenvalue weighted by Gasteiger charge is -2.32. The molecule has 1 aromatic heterocycles. The number of allylic oxidation sites excluding steroid dienone is 2. The van der Waals surface area contributed by atoms with Gasteiger partial charge in [-0.25, -0.2) is 18.4 Å². The maximum Gasteiger partial charge on any atom is 0.307 e. The van der Waals surface area contributed by atoms with E-state index < -0.39 is 56.2 Å². The Bertz CT molecular complexity index is 1890. The second kappa shape index (κ2) is 15.0. The summed E-state index contributed by atoms with van der Waals surface area (Å²) in [5, 5.41) is -0.599. The first-order chi connectivity index (χ1) is 25.0. The number of ether oxygens (including phenoxy) is 3. The minimum atomic E-state index is -3.85. The summed E-state index contributed by atoms with van der Waals surface area (Å²) in [6.07, 6.45) is 8.15. The van der Waals surface area contributed by atoms with Crippen LogP contribution in [0, 0.1) is 29.1 Å². The van der Waals surface area contributed by atoms with Crippen LogP contribution in [0.4, 0.5) is 0 Å². The summed E-state index contributed by atoms with van der Waals surface area (Å²) >= 11 is 0. The van der Waals surface area contributed by atoms with Crippen LogP contribution in [0.3, 0.4) is 0 Å². The quantitative estimate of drug-likeness (QED) is 0.287. The number of sulfonamides is 1. The van der Waals surface area contributed by atoms with Crippen molar-refractivity contribution in [3.8, 4) is 11.6 Å². The number of Topliss-reactive ketones (excluding diaryl/α,β-unsaturated/α-hetero) is 1. The number of methoxy groups -OCH3 is 1. The summed E-state index contributed by atoms with van der Waals surface area (Å²) < 4.78 is 45.3. The standard InChI is InChI=1S/C39H52N4O9S/c1-23-8-7-9-24(2)29(18-35(45)52-38(3,4)5)36(46)43-22-27(51-34-21-40-31-16-26(50-6)12-15-30(31)41-34)17-32(43)33(44)20-39(19-25(39)11-10-23)37(47)42-53(48,49)28-13-14-28/h10-12,15-16,21,23-25,27-29,32H,7-9,13-14,17-20,22H2,1-6H3,(H,42,47)/b11-10-/t23-,24+,25+,27+,29-,32-,39+/m0/s1. The maximum atomic E-state index is 14.7. The molecule has 13 nitrogen and oxygen atoms in total. The molecule has 1 saturated heterocycles. The smallest absolute Gasteiger partial charge is 0.307 e. The molecular weight excluding hydrogens is 701 g/mol. The Morgan fingerprint density at radius 1 is 1.06 bits per heavy atom. The first-order valence-electron chi connectivity index (χ1n) is 18.7. The molecule has 2 saturated carbocycles. The van der Waals surface area contributed by atoms with Crippen LogP contribution in [-0.4, -0.2) is 83.5 Å². The molecule has 6 rings (SSSR count). The molecule has 2 aliphatic carbocycles. The highest BCUT2D eigenvalue weighted by Gasteiger charge is 2.61. The Balaban J connectivity index is 1.32. The highest BCUT2D eigenvalue weighted by Crippen LogP contribution is 2.57. The summed E-state index contributed by atoms with van der Waals surface area (Å²) in [6.45, 7) is 9.40. The van der Waals surface area contributed by atoms with E-state index in [0.29, 0.717) is 42.5 Å². The van der Waals surface area contributed by atoms with Gasteiger partial charge in [-0.05, 0) is 82.8 Å². The number of fused-ring (bicyclic) bond motifs is 3. The Morgan fingerprint density at radius 2 is 1.81 bits per heavy atom. The highest BCUT2D eigenvalue weighted by atomic mass is 32.2. The number of nitrogens with zero attached hydrogens (tertiary/aromatic N) is 3. The van der Waals surface area contributed by atoms with Gasteiger partial charge in [-0.3, -0.25) is 23.9 Å². The number of benzene rings is 1. The van der Waals surface area contributed by atoms with E-state index in [1.807, 2.05) is 19.1 Å². The lowest BCUT2D eigenvalue weighted by molar-refractivity contribution is -0.159. The van der Waals surface area contributed by atoms with Gasteiger partial charge in [-0.1, -0.05) is 32.4 Å². The van der Waals surface area contributed by atoms with Crippen LogP contribution < -0.4 is 14.2 Å². The average molecular weight is 753 g/mol. The van der Waals surface area contributed by atoms with Crippen molar-refractivity contribution in [2.75, 3.05) is 13.7 Å². The molecule has 53 heavy (non-hydrogen) atoms. The van der Waals surface area contributed by atoms with E-state index in [1.165, 1.54) is 11.1 Å². The Labute approximate surface area is 311 Å². The van der Waals surface area contributed by atoms with Gasteiger partial charge in [-0.15, -0.1) is 0 Å². The SMILES string of the molecule is COc1ccc2nc(O[C@@H]3C[C@H]4C(=O)C[C@]5(C(=O)NS(=O)(=O)C6CC6)C[C@H]5/C=C\[C@@H](C)CCC[C@@H](C)[C@H](CC(=O)OC(C)(C)C)C(=O)N4C3)cnc2c1. The van der Waals surface area contributed by atoms with Gasteiger partial charge in [0.25, 0.3) is 0 Å². The molecule has 1 N–H and O–H groups in total.